The van der Waals surface area contributed by atoms with E-state index >= 15 is 0 Å². The van der Waals surface area contributed by atoms with Gasteiger partial charge in [-0.1, -0.05) is 0 Å². The molecule has 0 bridgehead atoms. The van der Waals surface area contributed by atoms with Gasteiger partial charge in [0.2, 0.25) is 0 Å². The molecule has 0 saturated carbocycles. The van der Waals surface area contributed by atoms with Gasteiger partial charge in [-0.05, 0) is 18.2 Å². The van der Waals surface area contributed by atoms with E-state index in [9.17, 15) is 8.42 Å². The number of nitrogen functional groups attached to an aromatic ring is 1. The smallest absolute Gasteiger partial charge is 0.296 e. The third kappa shape index (κ3) is 2.62. The number of hydrogen-bond donors (Lipinski definition) is 3. The van der Waals surface area contributed by atoms with Crippen molar-refractivity contribution in [1.82, 2.24) is 0 Å². The standard InChI is InChI=1S/C7H8N4O2S/c8-4-5-1-2-7(6(9)3-5)11-14(10,12)13/h1-3,11H,9H2,(H2,10,12,13). The number of benzene rings is 1. The molecule has 1 aromatic rings. The Morgan fingerprint density at radius 3 is 2.50 bits per heavy atom. The molecule has 0 aromatic heterocycles. The van der Waals surface area contributed by atoms with Crippen molar-refractivity contribution in [3.05, 3.63) is 23.8 Å². The fourth-order valence-electron chi connectivity index (χ4n) is 0.878. The molecule has 0 heterocycles. The molecule has 0 aliphatic carbocycles. The topological polar surface area (TPSA) is 122 Å². The van der Waals surface area contributed by atoms with E-state index in [1.807, 2.05) is 10.8 Å². The van der Waals surface area contributed by atoms with Gasteiger partial charge in [0.1, 0.15) is 0 Å². The highest BCUT2D eigenvalue weighted by atomic mass is 32.2. The summed E-state index contributed by atoms with van der Waals surface area (Å²) in [4.78, 5) is 0. The molecule has 5 N–H and O–H groups in total. The van der Waals surface area contributed by atoms with E-state index in [0.717, 1.165) is 0 Å². The molecular formula is C7H8N4O2S. The van der Waals surface area contributed by atoms with Crippen molar-refractivity contribution >= 4 is 21.6 Å². The number of anilines is 2. The zero-order valence-electron chi connectivity index (χ0n) is 7.06. The number of nitrogens with two attached hydrogens (primary N) is 2. The summed E-state index contributed by atoms with van der Waals surface area (Å²) < 4.78 is 23.3. The zero-order valence-corrected chi connectivity index (χ0v) is 7.88. The lowest BCUT2D eigenvalue weighted by atomic mass is 10.2. The SMILES string of the molecule is N#Cc1ccc(NS(N)(=O)=O)c(N)c1. The van der Waals surface area contributed by atoms with Crippen LogP contribution >= 0.6 is 0 Å². The van der Waals surface area contributed by atoms with Crippen molar-refractivity contribution in [3.8, 4) is 6.07 Å². The molecule has 7 heteroatoms. The first-order chi connectivity index (χ1) is 6.42. The quantitative estimate of drug-likeness (QED) is 0.585. The average Bonchev–Trinajstić information content (AvgIpc) is 2.06. The summed E-state index contributed by atoms with van der Waals surface area (Å²) in [6.07, 6.45) is 0. The van der Waals surface area contributed by atoms with Crippen LogP contribution in [0.1, 0.15) is 5.56 Å². The minimum absolute atomic E-state index is 0.151. The monoisotopic (exact) mass is 212 g/mol. The van der Waals surface area contributed by atoms with Gasteiger partial charge in [-0.15, -0.1) is 0 Å². The Balaban J connectivity index is 3.09. The number of rotatable bonds is 2. The summed E-state index contributed by atoms with van der Waals surface area (Å²) >= 11 is 0. The van der Waals surface area contributed by atoms with Crippen LogP contribution in [0.5, 0.6) is 0 Å². The third-order valence-electron chi connectivity index (χ3n) is 1.43. The lowest BCUT2D eigenvalue weighted by Crippen LogP contribution is -2.22. The van der Waals surface area contributed by atoms with Gasteiger partial charge in [0.15, 0.2) is 0 Å². The van der Waals surface area contributed by atoms with E-state index in [2.05, 4.69) is 0 Å². The maximum atomic E-state index is 10.7. The number of nitrogens with one attached hydrogen (secondary N) is 1. The molecule has 1 rings (SSSR count). The minimum Gasteiger partial charge on any atom is -0.397 e. The first-order valence-corrected chi connectivity index (χ1v) is 5.07. The Hall–Kier alpha value is -1.78. The number of nitrogens with zero attached hydrogens (tertiary/aromatic N) is 1. The number of hydrogen-bond acceptors (Lipinski definition) is 4. The van der Waals surface area contributed by atoms with E-state index in [-0.39, 0.29) is 11.4 Å². The van der Waals surface area contributed by atoms with E-state index in [0.29, 0.717) is 5.56 Å². The first-order valence-electron chi connectivity index (χ1n) is 3.52. The normalized spacial score (nSPS) is 10.6. The van der Waals surface area contributed by atoms with Crippen molar-refractivity contribution in [3.63, 3.8) is 0 Å². The molecule has 0 saturated heterocycles. The Bertz CT molecular complexity index is 489. The summed E-state index contributed by atoms with van der Waals surface area (Å²) in [5.41, 5.74) is 6.13. The Kier molecular flexibility index (Phi) is 2.60. The molecule has 0 spiro atoms. The summed E-state index contributed by atoms with van der Waals surface area (Å²) in [5.74, 6) is 0. The predicted octanol–water partition coefficient (Wildman–Crippen LogP) is -0.244. The lowest BCUT2D eigenvalue weighted by molar-refractivity contribution is 0.603. The highest BCUT2D eigenvalue weighted by molar-refractivity contribution is 7.90. The van der Waals surface area contributed by atoms with Gasteiger partial charge in [0.25, 0.3) is 10.2 Å². The van der Waals surface area contributed by atoms with Crippen LogP contribution in [-0.4, -0.2) is 8.42 Å². The predicted molar refractivity (Wildman–Crippen MR) is 52.3 cm³/mol. The van der Waals surface area contributed by atoms with Gasteiger partial charge in [-0.3, -0.25) is 4.72 Å². The average molecular weight is 212 g/mol. The molecule has 0 atom stereocenters. The Labute approximate surface area is 81.3 Å². The molecule has 0 amide bonds. The highest BCUT2D eigenvalue weighted by Crippen LogP contribution is 2.19. The molecule has 1 aromatic carbocycles. The molecule has 0 fully saturated rings. The zero-order chi connectivity index (χ0) is 10.8. The highest BCUT2D eigenvalue weighted by Gasteiger charge is 2.05. The molecule has 74 valence electrons. The first kappa shape index (κ1) is 10.3. The second-order valence-electron chi connectivity index (χ2n) is 2.56. The Morgan fingerprint density at radius 1 is 1.43 bits per heavy atom. The van der Waals surface area contributed by atoms with Crippen LogP contribution in [0, 0.1) is 11.3 Å². The van der Waals surface area contributed by atoms with Gasteiger partial charge in [-0.25, -0.2) is 5.14 Å². The van der Waals surface area contributed by atoms with Crippen LogP contribution in [0.15, 0.2) is 18.2 Å². The van der Waals surface area contributed by atoms with Crippen molar-refractivity contribution in [1.29, 1.82) is 5.26 Å². The maximum Gasteiger partial charge on any atom is 0.296 e. The fraction of sp³-hybridized carbons (Fsp3) is 0. The van der Waals surface area contributed by atoms with Crippen molar-refractivity contribution < 1.29 is 8.42 Å². The molecule has 0 unspecified atom stereocenters. The van der Waals surface area contributed by atoms with Gasteiger partial charge >= 0.3 is 0 Å². The van der Waals surface area contributed by atoms with Crippen molar-refractivity contribution in [2.75, 3.05) is 10.5 Å². The summed E-state index contributed by atoms with van der Waals surface area (Å²) in [7, 11) is -3.83. The molecule has 0 aliphatic rings. The van der Waals surface area contributed by atoms with Crippen LogP contribution in [0.3, 0.4) is 0 Å². The van der Waals surface area contributed by atoms with Gasteiger partial charge in [-0.2, -0.15) is 13.7 Å². The van der Waals surface area contributed by atoms with Gasteiger partial charge < -0.3 is 5.73 Å². The van der Waals surface area contributed by atoms with Crippen molar-refractivity contribution in [2.24, 2.45) is 5.14 Å². The molecule has 0 radical (unpaired) electrons. The van der Waals surface area contributed by atoms with E-state index in [1.54, 1.807) is 0 Å². The largest absolute Gasteiger partial charge is 0.397 e. The third-order valence-corrected chi connectivity index (χ3v) is 1.94. The second kappa shape index (κ2) is 3.53. The lowest BCUT2D eigenvalue weighted by Gasteiger charge is -2.06. The van der Waals surface area contributed by atoms with Crippen molar-refractivity contribution in [2.45, 2.75) is 0 Å². The van der Waals surface area contributed by atoms with Crippen LogP contribution < -0.4 is 15.6 Å². The Morgan fingerprint density at radius 2 is 2.07 bits per heavy atom. The van der Waals surface area contributed by atoms with Gasteiger partial charge in [0.05, 0.1) is 23.0 Å². The molecule has 6 nitrogen and oxygen atoms in total. The minimum atomic E-state index is -3.83. The molecule has 0 aliphatic heterocycles. The summed E-state index contributed by atoms with van der Waals surface area (Å²) in [6, 6.07) is 6.03. The van der Waals surface area contributed by atoms with Crippen LogP contribution in [-0.2, 0) is 10.2 Å². The maximum absolute atomic E-state index is 10.7. The van der Waals surface area contributed by atoms with Crippen LogP contribution in [0.25, 0.3) is 0 Å². The van der Waals surface area contributed by atoms with Crippen LogP contribution in [0.2, 0.25) is 0 Å². The van der Waals surface area contributed by atoms with Crippen LogP contribution in [0.4, 0.5) is 11.4 Å². The summed E-state index contributed by atoms with van der Waals surface area (Å²) in [5, 5.41) is 13.3. The molecule has 14 heavy (non-hydrogen) atoms. The van der Waals surface area contributed by atoms with Gasteiger partial charge in [0, 0.05) is 0 Å². The van der Waals surface area contributed by atoms with E-state index < -0.39 is 10.2 Å². The summed E-state index contributed by atoms with van der Waals surface area (Å²) in [6.45, 7) is 0. The molecular weight excluding hydrogens is 204 g/mol. The second-order valence-corrected chi connectivity index (χ2v) is 3.86. The van der Waals surface area contributed by atoms with E-state index in [1.165, 1.54) is 18.2 Å². The fourth-order valence-corrected chi connectivity index (χ4v) is 1.37. The number of nitriles is 1. The van der Waals surface area contributed by atoms with E-state index in [4.69, 9.17) is 16.1 Å².